The number of H-pyrrole nitrogens is 1. The van der Waals surface area contributed by atoms with Crippen molar-refractivity contribution < 1.29 is 23.5 Å². The summed E-state index contributed by atoms with van der Waals surface area (Å²) in [4.78, 5) is 43.1. The number of rotatable bonds is 5. The summed E-state index contributed by atoms with van der Waals surface area (Å²) < 4.78 is 11.3. The molecular weight excluding hydrogens is 420 g/mol. The molecule has 0 spiro atoms. The van der Waals surface area contributed by atoms with Crippen LogP contribution >= 0.6 is 11.3 Å². The van der Waals surface area contributed by atoms with E-state index in [1.165, 1.54) is 4.68 Å². The number of aromatic amines is 1. The minimum atomic E-state index is -0.836. The fraction of sp³-hybridized carbons (Fsp3) is 0.190. The lowest BCUT2D eigenvalue weighted by Crippen LogP contribution is -2.41. The van der Waals surface area contributed by atoms with Crippen molar-refractivity contribution in [2.45, 2.75) is 20.8 Å². The molecule has 0 saturated carbocycles. The summed E-state index contributed by atoms with van der Waals surface area (Å²) in [7, 11) is 0. The Kier molecular flexibility index (Phi) is 5.15. The van der Waals surface area contributed by atoms with Crippen LogP contribution in [0.1, 0.15) is 43.9 Å². The van der Waals surface area contributed by atoms with Gasteiger partial charge in [0, 0.05) is 23.2 Å². The Morgan fingerprint density at radius 2 is 1.97 bits per heavy atom. The number of pyridine rings is 1. The van der Waals surface area contributed by atoms with Crippen LogP contribution in [0.15, 0.2) is 39.6 Å². The van der Waals surface area contributed by atoms with Gasteiger partial charge < -0.3 is 10.5 Å². The van der Waals surface area contributed by atoms with Crippen molar-refractivity contribution in [1.29, 1.82) is 0 Å². The molecule has 1 aromatic carbocycles. The maximum Gasteiger partial charge on any atom is 0.439 e. The van der Waals surface area contributed by atoms with Crippen molar-refractivity contribution in [2.24, 2.45) is 0 Å². The third-order valence-corrected chi connectivity index (χ3v) is 5.78. The fourth-order valence-corrected chi connectivity index (χ4v) is 4.34. The van der Waals surface area contributed by atoms with Crippen LogP contribution in [0.25, 0.3) is 15.9 Å². The molecule has 31 heavy (non-hydrogen) atoms. The molecule has 0 aliphatic heterocycles. The number of hydrogen-bond acceptors (Lipinski definition) is 8. The van der Waals surface area contributed by atoms with Gasteiger partial charge in [0.25, 0.3) is 5.78 Å². The Balaban J connectivity index is 1.89. The normalized spacial score (nSPS) is 11.1. The zero-order chi connectivity index (χ0) is 22.3. The molecule has 9 nitrogen and oxygen atoms in total. The number of thiophene rings is 1. The molecule has 0 amide bonds. The van der Waals surface area contributed by atoms with Crippen molar-refractivity contribution in [2.75, 3.05) is 12.3 Å². The number of aryl methyl sites for hydroxylation is 2. The first-order chi connectivity index (χ1) is 14.8. The Hall–Kier alpha value is -3.79. The maximum absolute atomic E-state index is 13.4. The number of nitrogen functional groups attached to an aromatic ring is 1. The first-order valence-corrected chi connectivity index (χ1v) is 10.3. The number of nitrogens with zero attached hydrogens (tertiary/aromatic N) is 2. The van der Waals surface area contributed by atoms with E-state index in [1.54, 1.807) is 32.0 Å². The van der Waals surface area contributed by atoms with Crippen LogP contribution in [0.4, 0.5) is 5.69 Å². The highest BCUT2D eigenvalue weighted by atomic mass is 32.1. The molecule has 4 aromatic rings. The van der Waals surface area contributed by atoms with Crippen LogP contribution in [0.2, 0.25) is 0 Å². The van der Waals surface area contributed by atoms with Crippen LogP contribution in [0.5, 0.6) is 0 Å². The molecule has 0 saturated heterocycles. The van der Waals surface area contributed by atoms with Crippen LogP contribution in [-0.4, -0.2) is 28.6 Å². The van der Waals surface area contributed by atoms with Crippen LogP contribution in [-0.2, 0) is 4.74 Å². The first kappa shape index (κ1) is 20.5. The molecule has 158 valence electrons. The molecule has 3 heterocycles. The summed E-state index contributed by atoms with van der Waals surface area (Å²) in [5, 5.41) is 2.78. The third kappa shape index (κ3) is 3.50. The number of carbonyl (C=O) groups excluding carboxylic acids is 2. The molecule has 0 radical (unpaired) electrons. The zero-order valence-corrected chi connectivity index (χ0v) is 17.8. The Bertz CT molecular complexity index is 1380. The van der Waals surface area contributed by atoms with E-state index in [0.29, 0.717) is 21.6 Å². The van der Waals surface area contributed by atoms with E-state index < -0.39 is 17.4 Å². The molecule has 0 bridgehead atoms. The number of aromatic nitrogens is 3. The highest BCUT2D eigenvalue weighted by Crippen LogP contribution is 2.36. The largest absolute Gasteiger partial charge is 0.462 e. The minimum absolute atomic E-state index is 0.0663. The van der Waals surface area contributed by atoms with Crippen molar-refractivity contribution in [1.82, 2.24) is 10.3 Å². The number of nitrogens with two attached hydrogens (primary N) is 1. The van der Waals surface area contributed by atoms with Gasteiger partial charge in [0.2, 0.25) is 5.69 Å². The minimum Gasteiger partial charge on any atom is -0.462 e. The van der Waals surface area contributed by atoms with E-state index in [0.717, 1.165) is 16.9 Å². The van der Waals surface area contributed by atoms with Crippen molar-refractivity contribution >= 4 is 39.0 Å². The van der Waals surface area contributed by atoms with Crippen LogP contribution in [0, 0.1) is 13.8 Å². The molecular formula is C21H19N4O5S+. The second-order valence-electron chi connectivity index (χ2n) is 6.89. The predicted octanol–water partition coefficient (Wildman–Crippen LogP) is 2.46. The average Bonchev–Trinajstić information content (AvgIpc) is 3.28. The summed E-state index contributed by atoms with van der Waals surface area (Å²) in [5.41, 5.74) is 7.63. The third-order valence-electron chi connectivity index (χ3n) is 4.68. The highest BCUT2D eigenvalue weighted by Gasteiger charge is 2.35. The summed E-state index contributed by atoms with van der Waals surface area (Å²) in [6.45, 7) is 5.54. The monoisotopic (exact) mass is 439 g/mol. The molecule has 0 fully saturated rings. The Labute approximate surface area is 180 Å². The van der Waals surface area contributed by atoms with Crippen molar-refractivity contribution in [3.05, 3.63) is 68.1 Å². The van der Waals surface area contributed by atoms with Crippen LogP contribution in [0.3, 0.4) is 0 Å². The molecule has 0 atom stereocenters. The summed E-state index contributed by atoms with van der Waals surface area (Å²) in [6, 6.07) is 8.74. The number of hydrogen-bond donors (Lipinski definition) is 2. The van der Waals surface area contributed by atoms with Gasteiger partial charge in [0.1, 0.15) is 9.71 Å². The maximum atomic E-state index is 13.4. The van der Waals surface area contributed by atoms with E-state index in [9.17, 15) is 14.4 Å². The second kappa shape index (κ2) is 7.80. The Morgan fingerprint density at radius 1 is 1.26 bits per heavy atom. The van der Waals surface area contributed by atoms with Gasteiger partial charge in [-0.25, -0.2) is 14.6 Å². The van der Waals surface area contributed by atoms with E-state index >= 15 is 0 Å². The van der Waals surface area contributed by atoms with Gasteiger partial charge in [0.15, 0.2) is 0 Å². The van der Waals surface area contributed by atoms with E-state index in [-0.39, 0.29) is 28.4 Å². The van der Waals surface area contributed by atoms with Crippen LogP contribution < -0.4 is 16.0 Å². The second-order valence-corrected chi connectivity index (χ2v) is 7.89. The molecule has 0 aliphatic carbocycles. The summed E-state index contributed by atoms with van der Waals surface area (Å²) >= 11 is 1.01. The number of nitrogens with one attached hydrogen (secondary N) is 1. The summed E-state index contributed by atoms with van der Waals surface area (Å²) in [6.07, 6.45) is 0. The highest BCUT2D eigenvalue weighted by molar-refractivity contribution is 7.21. The quantitative estimate of drug-likeness (QED) is 0.277. The molecule has 0 aliphatic rings. The van der Waals surface area contributed by atoms with Crippen molar-refractivity contribution in [3.8, 4) is 5.69 Å². The molecule has 3 N–H and O–H groups in total. The number of ether oxygens (including phenoxy) is 1. The fourth-order valence-electron chi connectivity index (χ4n) is 3.23. The Morgan fingerprint density at radius 3 is 2.65 bits per heavy atom. The topological polar surface area (TPSA) is 132 Å². The predicted molar refractivity (Wildman–Crippen MR) is 114 cm³/mol. The zero-order valence-electron chi connectivity index (χ0n) is 17.0. The van der Waals surface area contributed by atoms with Gasteiger partial charge in [-0.3, -0.25) is 9.32 Å². The van der Waals surface area contributed by atoms with Gasteiger partial charge in [-0.05, 0) is 36.8 Å². The molecule has 10 heteroatoms. The smallest absolute Gasteiger partial charge is 0.439 e. The SMILES string of the molecule is CCOC(=O)c1cc(C)nc2sc(C(=O)c3c(=O)o[nH][n+]3-c3ccc(C)cc3)c(N)c12. The molecule has 3 aromatic heterocycles. The van der Waals surface area contributed by atoms with Gasteiger partial charge in [-0.1, -0.05) is 17.7 Å². The number of ketones is 1. The lowest BCUT2D eigenvalue weighted by Gasteiger charge is -2.05. The standard InChI is InChI=1S/C21H18N4O5S/c1-4-29-20(27)13-9-11(3)23-19-14(13)15(22)18(31-19)17(26)16-21(28)30-24-25(16)12-7-5-10(2)6-8-12/h5-9H,4H2,1-3H3,(H2-,22,24,26,28)/p+1. The molecule has 4 rings (SSSR count). The van der Waals surface area contributed by atoms with Gasteiger partial charge in [-0.15, -0.1) is 11.3 Å². The van der Waals surface area contributed by atoms with Gasteiger partial charge in [0.05, 0.1) is 17.9 Å². The van der Waals surface area contributed by atoms with E-state index in [2.05, 4.69) is 10.3 Å². The van der Waals surface area contributed by atoms with Gasteiger partial charge >= 0.3 is 17.3 Å². The van der Waals surface area contributed by atoms with E-state index in [1.807, 2.05) is 19.1 Å². The number of esters is 1. The number of benzene rings is 1. The summed E-state index contributed by atoms with van der Waals surface area (Å²) in [5.74, 6) is -1.19. The van der Waals surface area contributed by atoms with Crippen molar-refractivity contribution in [3.63, 3.8) is 0 Å². The van der Waals surface area contributed by atoms with Gasteiger partial charge in [-0.2, -0.15) is 0 Å². The molecule has 0 unspecified atom stereocenters. The average molecular weight is 439 g/mol. The number of carbonyl (C=O) groups is 2. The lowest BCUT2D eigenvalue weighted by atomic mass is 10.1. The number of anilines is 1. The lowest BCUT2D eigenvalue weighted by molar-refractivity contribution is -0.672. The first-order valence-electron chi connectivity index (χ1n) is 9.43. The number of fused-ring (bicyclic) bond motifs is 1. The van der Waals surface area contributed by atoms with E-state index in [4.69, 9.17) is 15.0 Å².